The molecule has 0 bridgehead atoms. The molecule has 0 aromatic carbocycles. The van der Waals surface area contributed by atoms with E-state index in [0.29, 0.717) is 11.9 Å². The van der Waals surface area contributed by atoms with Gasteiger partial charge in [0.2, 0.25) is 0 Å². The average Bonchev–Trinajstić information content (AvgIpc) is 2.30. The van der Waals surface area contributed by atoms with Gasteiger partial charge in [0.15, 0.2) is 0 Å². The summed E-state index contributed by atoms with van der Waals surface area (Å²) in [5.41, 5.74) is 6.63. The van der Waals surface area contributed by atoms with Crippen LogP contribution in [0.4, 0.5) is 11.5 Å². The fourth-order valence-electron chi connectivity index (χ4n) is 1.97. The molecule has 0 aliphatic carbocycles. The first-order valence-corrected chi connectivity index (χ1v) is 5.91. The highest BCUT2D eigenvalue weighted by molar-refractivity contribution is 5.49. The third-order valence-electron chi connectivity index (χ3n) is 2.85. The van der Waals surface area contributed by atoms with Crippen molar-refractivity contribution in [2.45, 2.75) is 31.8 Å². The molecule has 4 heteroatoms. The third-order valence-corrected chi connectivity index (χ3v) is 2.85. The van der Waals surface area contributed by atoms with Gasteiger partial charge < -0.3 is 15.8 Å². The second-order valence-corrected chi connectivity index (χ2v) is 4.17. The maximum absolute atomic E-state index is 5.66. The predicted octanol–water partition coefficient (Wildman–Crippen LogP) is 2.03. The van der Waals surface area contributed by atoms with Crippen LogP contribution in [0.5, 0.6) is 0 Å². The summed E-state index contributed by atoms with van der Waals surface area (Å²) in [6.45, 7) is 1.85. The molecular formula is C12H19N3O. The number of ether oxygens (including phenoxy) is 1. The Morgan fingerprint density at radius 2 is 2.44 bits per heavy atom. The van der Waals surface area contributed by atoms with Crippen molar-refractivity contribution in [2.24, 2.45) is 0 Å². The Morgan fingerprint density at radius 3 is 3.19 bits per heavy atom. The van der Waals surface area contributed by atoms with E-state index in [1.165, 1.54) is 19.3 Å². The molecule has 1 aromatic rings. The van der Waals surface area contributed by atoms with Crippen LogP contribution in [-0.2, 0) is 4.74 Å². The fourth-order valence-corrected chi connectivity index (χ4v) is 1.97. The molecule has 88 valence electrons. The summed E-state index contributed by atoms with van der Waals surface area (Å²) in [5.74, 6) is 0.555. The second kappa shape index (κ2) is 5.70. The maximum atomic E-state index is 5.66. The highest BCUT2D eigenvalue weighted by atomic mass is 16.5. The Hall–Kier alpha value is -1.29. The van der Waals surface area contributed by atoms with Crippen LogP contribution in [0.3, 0.4) is 0 Å². The molecule has 4 nitrogen and oxygen atoms in total. The standard InChI is InChI=1S/C12H19N3O/c13-12-9-10(4-6-15-12)14-7-5-11-3-1-2-8-16-11/h4,6,9,11H,1-3,5,7-8H2,(H3,13,14,15). The minimum Gasteiger partial charge on any atom is -0.385 e. The molecule has 16 heavy (non-hydrogen) atoms. The van der Waals surface area contributed by atoms with Gasteiger partial charge in [0.05, 0.1) is 6.10 Å². The van der Waals surface area contributed by atoms with Gasteiger partial charge in [-0.3, -0.25) is 0 Å². The molecule has 1 saturated heterocycles. The quantitative estimate of drug-likeness (QED) is 0.816. The molecule has 3 N–H and O–H groups in total. The molecule has 1 aliphatic heterocycles. The number of anilines is 2. The van der Waals surface area contributed by atoms with Crippen LogP contribution in [0.25, 0.3) is 0 Å². The lowest BCUT2D eigenvalue weighted by Crippen LogP contribution is -2.22. The summed E-state index contributed by atoms with van der Waals surface area (Å²) in [7, 11) is 0. The monoisotopic (exact) mass is 221 g/mol. The predicted molar refractivity (Wildman–Crippen MR) is 65.3 cm³/mol. The van der Waals surface area contributed by atoms with Gasteiger partial charge in [0.25, 0.3) is 0 Å². The summed E-state index contributed by atoms with van der Waals surface area (Å²) in [4.78, 5) is 3.95. The fraction of sp³-hybridized carbons (Fsp3) is 0.583. The number of nitrogens with zero attached hydrogens (tertiary/aromatic N) is 1. The minimum atomic E-state index is 0.431. The van der Waals surface area contributed by atoms with Crippen LogP contribution in [0.2, 0.25) is 0 Å². The van der Waals surface area contributed by atoms with E-state index in [-0.39, 0.29) is 0 Å². The second-order valence-electron chi connectivity index (χ2n) is 4.17. The van der Waals surface area contributed by atoms with Crippen molar-refractivity contribution in [3.05, 3.63) is 18.3 Å². The van der Waals surface area contributed by atoms with Crippen LogP contribution in [0, 0.1) is 0 Å². The molecule has 0 spiro atoms. The molecule has 1 aliphatic rings. The van der Waals surface area contributed by atoms with E-state index in [0.717, 1.165) is 25.3 Å². The number of pyridine rings is 1. The number of hydrogen-bond donors (Lipinski definition) is 2. The van der Waals surface area contributed by atoms with Crippen LogP contribution in [0.15, 0.2) is 18.3 Å². The largest absolute Gasteiger partial charge is 0.385 e. The average molecular weight is 221 g/mol. The van der Waals surface area contributed by atoms with Crippen molar-refractivity contribution in [1.82, 2.24) is 4.98 Å². The Bertz CT molecular complexity index is 324. The Kier molecular flexibility index (Phi) is 3.99. The van der Waals surface area contributed by atoms with Gasteiger partial charge in [-0.05, 0) is 31.7 Å². The van der Waals surface area contributed by atoms with Crippen molar-refractivity contribution >= 4 is 11.5 Å². The summed E-state index contributed by atoms with van der Waals surface area (Å²) < 4.78 is 5.66. The van der Waals surface area contributed by atoms with Gasteiger partial charge in [-0.1, -0.05) is 0 Å². The van der Waals surface area contributed by atoms with Crippen molar-refractivity contribution in [3.8, 4) is 0 Å². The van der Waals surface area contributed by atoms with Crippen molar-refractivity contribution in [2.75, 3.05) is 24.2 Å². The first-order valence-electron chi connectivity index (χ1n) is 5.91. The number of nitrogens with one attached hydrogen (secondary N) is 1. The molecule has 2 rings (SSSR count). The van der Waals surface area contributed by atoms with Crippen LogP contribution in [-0.4, -0.2) is 24.2 Å². The van der Waals surface area contributed by atoms with Crippen LogP contribution < -0.4 is 11.1 Å². The number of hydrogen-bond acceptors (Lipinski definition) is 4. The van der Waals surface area contributed by atoms with Crippen LogP contribution >= 0.6 is 0 Å². The van der Waals surface area contributed by atoms with Gasteiger partial charge in [0, 0.05) is 31.1 Å². The zero-order valence-electron chi connectivity index (χ0n) is 9.48. The Labute approximate surface area is 96.2 Å². The van der Waals surface area contributed by atoms with Crippen molar-refractivity contribution in [3.63, 3.8) is 0 Å². The maximum Gasteiger partial charge on any atom is 0.125 e. The summed E-state index contributed by atoms with van der Waals surface area (Å²) in [6.07, 6.45) is 6.91. The van der Waals surface area contributed by atoms with Gasteiger partial charge >= 0.3 is 0 Å². The lowest BCUT2D eigenvalue weighted by Gasteiger charge is -2.22. The van der Waals surface area contributed by atoms with Gasteiger partial charge in [0.1, 0.15) is 5.82 Å². The van der Waals surface area contributed by atoms with Crippen molar-refractivity contribution < 1.29 is 4.74 Å². The van der Waals surface area contributed by atoms with E-state index in [1.54, 1.807) is 6.20 Å². The van der Waals surface area contributed by atoms with Gasteiger partial charge in [-0.2, -0.15) is 0 Å². The molecule has 0 saturated carbocycles. The highest BCUT2D eigenvalue weighted by Gasteiger charge is 2.12. The SMILES string of the molecule is Nc1cc(NCCC2CCCCO2)ccn1. The highest BCUT2D eigenvalue weighted by Crippen LogP contribution is 2.16. The molecule has 1 atom stereocenters. The van der Waals surface area contributed by atoms with E-state index in [9.17, 15) is 0 Å². The molecule has 1 fully saturated rings. The number of nitrogen functional groups attached to an aromatic ring is 1. The number of aromatic nitrogens is 1. The third kappa shape index (κ3) is 3.38. The lowest BCUT2D eigenvalue weighted by atomic mass is 10.1. The van der Waals surface area contributed by atoms with Gasteiger partial charge in [-0.15, -0.1) is 0 Å². The smallest absolute Gasteiger partial charge is 0.125 e. The normalized spacial score (nSPS) is 20.6. The molecule has 0 amide bonds. The van der Waals surface area contributed by atoms with Crippen molar-refractivity contribution in [1.29, 1.82) is 0 Å². The molecular weight excluding hydrogens is 202 g/mol. The van der Waals surface area contributed by atoms with E-state index in [4.69, 9.17) is 10.5 Å². The molecule has 2 heterocycles. The van der Waals surface area contributed by atoms with E-state index >= 15 is 0 Å². The Morgan fingerprint density at radius 1 is 1.50 bits per heavy atom. The topological polar surface area (TPSA) is 60.2 Å². The zero-order valence-corrected chi connectivity index (χ0v) is 9.48. The first-order chi connectivity index (χ1) is 7.84. The van der Waals surface area contributed by atoms with E-state index < -0.39 is 0 Å². The minimum absolute atomic E-state index is 0.431. The molecule has 1 aromatic heterocycles. The first kappa shape index (κ1) is 11.2. The Balaban J connectivity index is 1.71. The van der Waals surface area contributed by atoms with Gasteiger partial charge in [-0.25, -0.2) is 4.98 Å². The molecule has 0 radical (unpaired) electrons. The zero-order chi connectivity index (χ0) is 11.2. The number of nitrogens with two attached hydrogens (primary N) is 1. The lowest BCUT2D eigenvalue weighted by molar-refractivity contribution is 0.0134. The summed E-state index contributed by atoms with van der Waals surface area (Å²) >= 11 is 0. The number of rotatable bonds is 4. The summed E-state index contributed by atoms with van der Waals surface area (Å²) in [5, 5.41) is 3.33. The van der Waals surface area contributed by atoms with E-state index in [2.05, 4.69) is 10.3 Å². The molecule has 1 unspecified atom stereocenters. The van der Waals surface area contributed by atoms with E-state index in [1.807, 2.05) is 12.1 Å². The summed E-state index contributed by atoms with van der Waals surface area (Å²) in [6, 6.07) is 3.78. The van der Waals surface area contributed by atoms with Crippen LogP contribution in [0.1, 0.15) is 25.7 Å².